The van der Waals surface area contributed by atoms with E-state index in [1.807, 2.05) is 6.92 Å². The fraction of sp³-hybridized carbons (Fsp3) is 0.864. The molecular formula is C44H75NO10. The van der Waals surface area contributed by atoms with Gasteiger partial charge in [0.1, 0.15) is 6.10 Å². The first-order chi connectivity index (χ1) is 26.1. The van der Waals surface area contributed by atoms with E-state index in [2.05, 4.69) is 39.8 Å². The number of fused-ring (bicyclic) bond motifs is 3. The Kier molecular flexibility index (Phi) is 17.4. The van der Waals surface area contributed by atoms with E-state index in [0.29, 0.717) is 51.5 Å². The van der Waals surface area contributed by atoms with E-state index < -0.39 is 60.0 Å². The first-order valence-corrected chi connectivity index (χ1v) is 21.3. The highest BCUT2D eigenvalue weighted by Gasteiger charge is 2.56. The van der Waals surface area contributed by atoms with Crippen LogP contribution in [-0.2, 0) is 28.5 Å². The number of aliphatic hydroxyl groups excluding tert-OH is 3. The number of hydrogen-bond acceptors (Lipinski definition) is 10. The zero-order chi connectivity index (χ0) is 40.6. The Morgan fingerprint density at radius 1 is 0.945 bits per heavy atom. The van der Waals surface area contributed by atoms with Gasteiger partial charge in [0.05, 0.1) is 36.6 Å². The van der Waals surface area contributed by atoms with E-state index in [1.165, 1.54) is 0 Å². The maximum atomic E-state index is 14.2. The van der Waals surface area contributed by atoms with Gasteiger partial charge in [-0.25, -0.2) is 0 Å². The highest BCUT2D eigenvalue weighted by atomic mass is 16.7. The number of ketones is 1. The molecule has 0 aromatic carbocycles. The Hall–Kier alpha value is -1.70. The van der Waals surface area contributed by atoms with E-state index in [9.17, 15) is 30.0 Å². The molecule has 4 aliphatic rings. The van der Waals surface area contributed by atoms with E-state index in [-0.39, 0.29) is 41.7 Å². The maximum absolute atomic E-state index is 14.2. The molecule has 1 aliphatic carbocycles. The van der Waals surface area contributed by atoms with Crippen molar-refractivity contribution in [2.24, 2.45) is 35.5 Å². The first kappa shape index (κ1) is 46.0. The summed E-state index contributed by atoms with van der Waals surface area (Å²) in [6.45, 7) is 12.5. The number of carbonyl (C=O) groups excluding carboxylic acids is 2. The van der Waals surface area contributed by atoms with E-state index in [0.717, 1.165) is 49.7 Å². The first-order valence-electron chi connectivity index (χ1n) is 21.3. The smallest absolute Gasteiger partial charge is 0.296 e. The lowest BCUT2D eigenvalue weighted by molar-refractivity contribution is -0.302. The molecule has 0 radical (unpaired) electrons. The van der Waals surface area contributed by atoms with Crippen molar-refractivity contribution in [1.82, 2.24) is 4.90 Å². The van der Waals surface area contributed by atoms with Gasteiger partial charge in [-0.2, -0.15) is 0 Å². The standard InChI is InChI=1S/C44H75NO10/c1-10-32-20-26(2)19-27(3)21-38(53-8)41-39(54-9)23-29(5)44(51,55-41)42(49)43(50)45-18-12-11-13-34(45)16-15-33(25-36(32)47)30(6)40(48)28(4)22-31-14-17-35(46)37(24-31)52-7/h20,22,27,29-41,46-48,51H,10-19,21,23-25H2,1-9H3/b26-20+,28-22+/t27-,29+,30+,31-,32+,33-,34-,35+,36+,37+,38-,39-,40+,41+,44+/m0/s1. The Morgan fingerprint density at radius 3 is 2.27 bits per heavy atom. The second kappa shape index (κ2) is 20.8. The van der Waals surface area contributed by atoms with Crippen molar-refractivity contribution in [3.63, 3.8) is 0 Å². The van der Waals surface area contributed by atoms with Crippen molar-refractivity contribution in [3.8, 4) is 0 Å². The highest BCUT2D eigenvalue weighted by molar-refractivity contribution is 6.38. The molecular weight excluding hydrogens is 702 g/mol. The lowest BCUT2D eigenvalue weighted by Crippen LogP contribution is -2.64. The molecule has 1 amide bonds. The van der Waals surface area contributed by atoms with Crippen molar-refractivity contribution in [2.45, 2.75) is 180 Å². The summed E-state index contributed by atoms with van der Waals surface area (Å²) < 4.78 is 23.7. The largest absolute Gasteiger partial charge is 0.393 e. The molecule has 4 rings (SSSR count). The third-order valence-electron chi connectivity index (χ3n) is 13.8. The zero-order valence-electron chi connectivity index (χ0n) is 35.3. The Labute approximate surface area is 331 Å². The molecule has 11 heteroatoms. The Morgan fingerprint density at radius 2 is 1.62 bits per heavy atom. The molecule has 11 nitrogen and oxygen atoms in total. The number of amides is 1. The predicted molar refractivity (Wildman–Crippen MR) is 212 cm³/mol. The molecule has 55 heavy (non-hydrogen) atoms. The molecule has 15 atom stereocenters. The number of Topliss-reactive ketones (excluding diaryl/α,β-unsaturated/α-hetero) is 1. The minimum atomic E-state index is -2.32. The average Bonchev–Trinajstić information content (AvgIpc) is 3.17. The van der Waals surface area contributed by atoms with Gasteiger partial charge in [-0.1, -0.05) is 45.4 Å². The van der Waals surface area contributed by atoms with E-state index >= 15 is 0 Å². The summed E-state index contributed by atoms with van der Waals surface area (Å²) >= 11 is 0. The van der Waals surface area contributed by atoms with Crippen LogP contribution in [0.2, 0.25) is 0 Å². The van der Waals surface area contributed by atoms with Gasteiger partial charge in [-0.15, -0.1) is 0 Å². The highest BCUT2D eigenvalue weighted by Crippen LogP contribution is 2.40. The van der Waals surface area contributed by atoms with Gasteiger partial charge in [-0.3, -0.25) is 9.59 Å². The summed E-state index contributed by atoms with van der Waals surface area (Å²) in [7, 11) is 4.82. The van der Waals surface area contributed by atoms with Gasteiger partial charge in [0.2, 0.25) is 5.79 Å². The summed E-state index contributed by atoms with van der Waals surface area (Å²) in [6.07, 6.45) is 9.31. The molecule has 3 fully saturated rings. The minimum Gasteiger partial charge on any atom is -0.393 e. The van der Waals surface area contributed by atoms with Gasteiger partial charge in [0, 0.05) is 45.8 Å². The molecule has 1 saturated carbocycles. The maximum Gasteiger partial charge on any atom is 0.296 e. The lowest BCUT2D eigenvalue weighted by Gasteiger charge is -2.47. The molecule has 0 aromatic rings. The Bertz CT molecular complexity index is 1300. The quantitative estimate of drug-likeness (QED) is 0.177. The predicted octanol–water partition coefficient (Wildman–Crippen LogP) is 5.75. The van der Waals surface area contributed by atoms with Crippen LogP contribution < -0.4 is 0 Å². The molecule has 2 bridgehead atoms. The molecule has 2 saturated heterocycles. The monoisotopic (exact) mass is 778 g/mol. The van der Waals surface area contributed by atoms with Crippen LogP contribution in [0.25, 0.3) is 0 Å². The number of piperidine rings is 1. The molecule has 3 aliphatic heterocycles. The SMILES string of the molecule is CC[C@@H]1/C=C(\C)C[C@H](C)C[C@H](OC)[C@H]2O[C@@](O)(C(=O)C(=O)N3CCCC[C@H]3CC[C@H]([C@@H](C)[C@H](O)/C(C)=C/[C@@H]3CC[C@@H](O)[C@H](OC)C3)C[C@H]1O)[C@H](C)C[C@@H]2OC. The average molecular weight is 778 g/mol. The normalized spacial score (nSPS) is 41.6. The van der Waals surface area contributed by atoms with Gasteiger partial charge in [0.15, 0.2) is 0 Å². The molecule has 0 unspecified atom stereocenters. The molecule has 0 aromatic heterocycles. The number of methoxy groups -OCH3 is 3. The topological polar surface area (TPSA) is 155 Å². The fourth-order valence-electron chi connectivity index (χ4n) is 10.2. The van der Waals surface area contributed by atoms with Crippen LogP contribution in [0.3, 0.4) is 0 Å². The van der Waals surface area contributed by atoms with Crippen molar-refractivity contribution in [3.05, 3.63) is 23.3 Å². The van der Waals surface area contributed by atoms with Crippen LogP contribution in [0.15, 0.2) is 23.3 Å². The number of rotatable bonds is 8. The van der Waals surface area contributed by atoms with Crippen molar-refractivity contribution < 1.29 is 49.0 Å². The third-order valence-corrected chi connectivity index (χ3v) is 13.8. The van der Waals surface area contributed by atoms with Crippen molar-refractivity contribution >= 4 is 11.7 Å². The second-order valence-corrected chi connectivity index (χ2v) is 17.8. The van der Waals surface area contributed by atoms with Crippen molar-refractivity contribution in [1.29, 1.82) is 0 Å². The van der Waals surface area contributed by atoms with Crippen LogP contribution in [0.5, 0.6) is 0 Å². The summed E-state index contributed by atoms with van der Waals surface area (Å²) in [5, 5.41) is 46.1. The number of aliphatic hydroxyl groups is 4. The summed E-state index contributed by atoms with van der Waals surface area (Å²) in [5.41, 5.74) is 2.04. The number of hydrogen-bond donors (Lipinski definition) is 4. The van der Waals surface area contributed by atoms with Crippen LogP contribution in [0.1, 0.15) is 125 Å². The van der Waals surface area contributed by atoms with E-state index in [4.69, 9.17) is 18.9 Å². The molecule has 316 valence electrons. The lowest BCUT2D eigenvalue weighted by atomic mass is 9.76. The number of allylic oxidation sites excluding steroid dienone is 2. The number of nitrogens with zero attached hydrogens (tertiary/aromatic N) is 1. The van der Waals surface area contributed by atoms with Crippen LogP contribution in [0.4, 0.5) is 0 Å². The second-order valence-electron chi connectivity index (χ2n) is 17.8. The van der Waals surface area contributed by atoms with Crippen LogP contribution in [-0.4, -0.2) is 119 Å². The zero-order valence-corrected chi connectivity index (χ0v) is 35.3. The number of ether oxygens (including phenoxy) is 4. The third kappa shape index (κ3) is 11.3. The molecule has 0 spiro atoms. The Balaban J connectivity index is 1.68. The van der Waals surface area contributed by atoms with Crippen molar-refractivity contribution in [2.75, 3.05) is 27.9 Å². The van der Waals surface area contributed by atoms with Crippen LogP contribution in [0, 0.1) is 35.5 Å². The van der Waals surface area contributed by atoms with Crippen LogP contribution >= 0.6 is 0 Å². The van der Waals surface area contributed by atoms with Gasteiger partial charge in [0.25, 0.3) is 11.7 Å². The molecule has 3 heterocycles. The number of carbonyl (C=O) groups is 2. The minimum absolute atomic E-state index is 0.0722. The summed E-state index contributed by atoms with van der Waals surface area (Å²) in [4.78, 5) is 30.1. The molecule has 4 N–H and O–H groups in total. The van der Waals surface area contributed by atoms with E-state index in [1.54, 1.807) is 33.2 Å². The summed E-state index contributed by atoms with van der Waals surface area (Å²) in [6, 6.07) is -0.228. The van der Waals surface area contributed by atoms with Gasteiger partial charge in [-0.05, 0) is 127 Å². The fourth-order valence-corrected chi connectivity index (χ4v) is 10.2. The van der Waals surface area contributed by atoms with Gasteiger partial charge >= 0.3 is 0 Å². The summed E-state index contributed by atoms with van der Waals surface area (Å²) in [5.74, 6) is -4.69. The van der Waals surface area contributed by atoms with Gasteiger partial charge < -0.3 is 44.3 Å².